The zero-order valence-electron chi connectivity index (χ0n) is 15.0. The van der Waals surface area contributed by atoms with Gasteiger partial charge in [0.05, 0.1) is 5.69 Å². The van der Waals surface area contributed by atoms with Gasteiger partial charge in [-0.1, -0.05) is 6.92 Å². The lowest BCUT2D eigenvalue weighted by atomic mass is 10.2. The number of urea groups is 1. The molecule has 136 valence electrons. The van der Waals surface area contributed by atoms with Gasteiger partial charge in [0.2, 0.25) is 0 Å². The lowest BCUT2D eigenvalue weighted by Gasteiger charge is -2.11. The van der Waals surface area contributed by atoms with Crippen LogP contribution in [0.25, 0.3) is 16.7 Å². The molecule has 0 unspecified atom stereocenters. The van der Waals surface area contributed by atoms with Gasteiger partial charge >= 0.3 is 6.03 Å². The van der Waals surface area contributed by atoms with Crippen LogP contribution < -0.4 is 10.6 Å². The SMILES string of the molecule is CCCn1ccc2cc(NC(=O)Nc3cccnc3-n3cccn3)ccc21. The summed E-state index contributed by atoms with van der Waals surface area (Å²) in [5.74, 6) is 0.560. The highest BCUT2D eigenvalue weighted by Gasteiger charge is 2.10. The van der Waals surface area contributed by atoms with E-state index in [4.69, 9.17) is 0 Å². The zero-order chi connectivity index (χ0) is 18.6. The van der Waals surface area contributed by atoms with E-state index in [-0.39, 0.29) is 6.03 Å². The average Bonchev–Trinajstić information content (AvgIpc) is 3.33. The first kappa shape index (κ1) is 16.8. The van der Waals surface area contributed by atoms with Crippen molar-refractivity contribution in [1.82, 2.24) is 19.3 Å². The molecule has 0 aliphatic carbocycles. The average molecular weight is 360 g/mol. The van der Waals surface area contributed by atoms with Crippen molar-refractivity contribution in [3.63, 3.8) is 0 Å². The number of aryl methyl sites for hydroxylation is 1. The van der Waals surface area contributed by atoms with E-state index in [0.717, 1.165) is 29.6 Å². The number of aromatic nitrogens is 4. The first-order valence-corrected chi connectivity index (χ1v) is 8.86. The van der Waals surface area contributed by atoms with Gasteiger partial charge in [-0.05, 0) is 48.9 Å². The molecule has 7 nitrogen and oxygen atoms in total. The van der Waals surface area contributed by atoms with Crippen molar-refractivity contribution in [1.29, 1.82) is 0 Å². The van der Waals surface area contributed by atoms with Crippen molar-refractivity contribution in [2.24, 2.45) is 0 Å². The third-order valence-corrected chi connectivity index (χ3v) is 4.25. The highest BCUT2D eigenvalue weighted by atomic mass is 16.2. The Labute approximate surface area is 156 Å². The molecule has 0 spiro atoms. The van der Waals surface area contributed by atoms with Crippen LogP contribution in [0, 0.1) is 0 Å². The fraction of sp³-hybridized carbons (Fsp3) is 0.150. The summed E-state index contributed by atoms with van der Waals surface area (Å²) in [4.78, 5) is 16.8. The summed E-state index contributed by atoms with van der Waals surface area (Å²) >= 11 is 0. The molecule has 7 heteroatoms. The van der Waals surface area contributed by atoms with Crippen molar-refractivity contribution >= 4 is 28.3 Å². The highest BCUT2D eigenvalue weighted by molar-refractivity contribution is 6.01. The van der Waals surface area contributed by atoms with Crippen LogP contribution in [0.3, 0.4) is 0 Å². The van der Waals surface area contributed by atoms with Gasteiger partial charge in [0.15, 0.2) is 5.82 Å². The number of nitrogens with zero attached hydrogens (tertiary/aromatic N) is 4. The summed E-state index contributed by atoms with van der Waals surface area (Å²) in [5.41, 5.74) is 2.48. The topological polar surface area (TPSA) is 76.8 Å². The quantitative estimate of drug-likeness (QED) is 0.558. The summed E-state index contributed by atoms with van der Waals surface area (Å²) in [6.07, 6.45) is 8.26. The molecule has 1 aromatic carbocycles. The zero-order valence-corrected chi connectivity index (χ0v) is 15.0. The fourth-order valence-corrected chi connectivity index (χ4v) is 3.07. The monoisotopic (exact) mass is 360 g/mol. The van der Waals surface area contributed by atoms with Gasteiger partial charge < -0.3 is 15.2 Å². The fourth-order valence-electron chi connectivity index (χ4n) is 3.07. The van der Waals surface area contributed by atoms with E-state index in [2.05, 4.69) is 44.5 Å². The van der Waals surface area contributed by atoms with Crippen LogP contribution >= 0.6 is 0 Å². The van der Waals surface area contributed by atoms with E-state index in [1.807, 2.05) is 18.2 Å². The minimum atomic E-state index is -0.330. The minimum Gasteiger partial charge on any atom is -0.347 e. The minimum absolute atomic E-state index is 0.330. The largest absolute Gasteiger partial charge is 0.347 e. The van der Waals surface area contributed by atoms with Crippen LogP contribution in [-0.4, -0.2) is 25.4 Å². The van der Waals surface area contributed by atoms with Crippen LogP contribution in [0.4, 0.5) is 16.2 Å². The number of rotatable bonds is 5. The van der Waals surface area contributed by atoms with Crippen LogP contribution in [0.1, 0.15) is 13.3 Å². The van der Waals surface area contributed by atoms with Gasteiger partial charge in [0.1, 0.15) is 0 Å². The predicted molar refractivity (Wildman–Crippen MR) is 106 cm³/mol. The number of benzene rings is 1. The number of amides is 2. The maximum atomic E-state index is 12.5. The Kier molecular flexibility index (Phi) is 4.57. The molecule has 0 radical (unpaired) electrons. The third kappa shape index (κ3) is 3.52. The third-order valence-electron chi connectivity index (χ3n) is 4.25. The molecular weight excluding hydrogens is 340 g/mol. The van der Waals surface area contributed by atoms with E-state index in [1.165, 1.54) is 0 Å². The number of pyridine rings is 1. The van der Waals surface area contributed by atoms with Crippen LogP contribution in [0.15, 0.2) is 67.3 Å². The summed E-state index contributed by atoms with van der Waals surface area (Å²) in [6.45, 7) is 3.13. The van der Waals surface area contributed by atoms with Crippen molar-refractivity contribution in [3.8, 4) is 5.82 Å². The molecular formula is C20H20N6O. The first-order valence-electron chi connectivity index (χ1n) is 8.86. The number of hydrogen-bond donors (Lipinski definition) is 2. The molecule has 4 rings (SSSR count). The van der Waals surface area contributed by atoms with Crippen LogP contribution in [0.2, 0.25) is 0 Å². The predicted octanol–water partition coefficient (Wildman–Crippen LogP) is 4.28. The summed E-state index contributed by atoms with van der Waals surface area (Å²) in [5, 5.41) is 11.0. The number of hydrogen-bond acceptors (Lipinski definition) is 3. The maximum Gasteiger partial charge on any atom is 0.323 e. The second-order valence-corrected chi connectivity index (χ2v) is 6.19. The van der Waals surface area contributed by atoms with Crippen molar-refractivity contribution in [2.45, 2.75) is 19.9 Å². The summed E-state index contributed by atoms with van der Waals surface area (Å²) in [7, 11) is 0. The maximum absolute atomic E-state index is 12.5. The summed E-state index contributed by atoms with van der Waals surface area (Å²) in [6, 6.07) is 13.0. The second kappa shape index (κ2) is 7.33. The normalized spacial score (nSPS) is 10.9. The molecule has 27 heavy (non-hydrogen) atoms. The Bertz CT molecular complexity index is 1070. The van der Waals surface area contributed by atoms with Gasteiger partial charge in [-0.2, -0.15) is 5.10 Å². The van der Waals surface area contributed by atoms with E-state index < -0.39 is 0 Å². The molecule has 0 aliphatic rings. The van der Waals surface area contributed by atoms with Gasteiger partial charge in [-0.3, -0.25) is 0 Å². The van der Waals surface area contributed by atoms with Crippen molar-refractivity contribution in [2.75, 3.05) is 10.6 Å². The molecule has 2 N–H and O–H groups in total. The Morgan fingerprint density at radius 2 is 2.00 bits per heavy atom. The molecule has 3 heterocycles. The second-order valence-electron chi connectivity index (χ2n) is 6.19. The van der Waals surface area contributed by atoms with E-state index in [9.17, 15) is 4.79 Å². The lowest BCUT2D eigenvalue weighted by molar-refractivity contribution is 0.262. The Morgan fingerprint density at radius 1 is 1.07 bits per heavy atom. The van der Waals surface area contributed by atoms with E-state index in [0.29, 0.717) is 11.5 Å². The Balaban J connectivity index is 1.51. The number of nitrogens with one attached hydrogen (secondary N) is 2. The van der Waals surface area contributed by atoms with Gasteiger partial charge in [-0.25, -0.2) is 14.5 Å². The van der Waals surface area contributed by atoms with E-state index in [1.54, 1.807) is 41.5 Å². The first-order chi connectivity index (χ1) is 13.2. The van der Waals surface area contributed by atoms with Crippen LogP contribution in [0.5, 0.6) is 0 Å². The van der Waals surface area contributed by atoms with E-state index >= 15 is 0 Å². The lowest BCUT2D eigenvalue weighted by Crippen LogP contribution is -2.20. The molecule has 0 saturated carbocycles. The Hall–Kier alpha value is -3.61. The molecule has 0 bridgehead atoms. The smallest absolute Gasteiger partial charge is 0.323 e. The molecule has 0 saturated heterocycles. The number of fused-ring (bicyclic) bond motifs is 1. The van der Waals surface area contributed by atoms with Crippen LogP contribution in [-0.2, 0) is 6.54 Å². The number of carbonyl (C=O) groups excluding carboxylic acids is 1. The molecule has 0 aliphatic heterocycles. The van der Waals surface area contributed by atoms with Gasteiger partial charge in [-0.15, -0.1) is 0 Å². The summed E-state index contributed by atoms with van der Waals surface area (Å²) < 4.78 is 3.82. The van der Waals surface area contributed by atoms with Crippen molar-refractivity contribution in [3.05, 3.63) is 67.3 Å². The number of carbonyl (C=O) groups is 1. The van der Waals surface area contributed by atoms with Gasteiger partial charge in [0.25, 0.3) is 0 Å². The molecule has 2 amide bonds. The Morgan fingerprint density at radius 3 is 2.81 bits per heavy atom. The molecule has 0 fully saturated rings. The molecule has 3 aromatic heterocycles. The van der Waals surface area contributed by atoms with Gasteiger partial charge in [0, 0.05) is 47.9 Å². The number of anilines is 2. The molecule has 0 atom stereocenters. The van der Waals surface area contributed by atoms with Crippen molar-refractivity contribution < 1.29 is 4.79 Å². The molecule has 4 aromatic rings. The highest BCUT2D eigenvalue weighted by Crippen LogP contribution is 2.22. The standard InChI is InChI=1S/C20H20N6O/c1-2-11-25-13-8-15-14-16(6-7-18(15)25)23-20(27)24-17-5-3-9-21-19(17)26-12-4-10-22-26/h3-10,12-14H,2,11H2,1H3,(H2,23,24,27).